The second-order valence-electron chi connectivity index (χ2n) is 4.34. The second kappa shape index (κ2) is 5.88. The fourth-order valence-electron chi connectivity index (χ4n) is 1.62. The molecule has 15 heavy (non-hydrogen) atoms. The first-order valence-electron chi connectivity index (χ1n) is 5.44. The molecule has 1 rings (SSSR count). The Morgan fingerprint density at radius 1 is 1.53 bits per heavy atom. The summed E-state index contributed by atoms with van der Waals surface area (Å²) >= 11 is 0. The van der Waals surface area contributed by atoms with E-state index in [2.05, 4.69) is 24.3 Å². The number of aliphatic hydroxyl groups is 1. The summed E-state index contributed by atoms with van der Waals surface area (Å²) in [7, 11) is 1.92. The van der Waals surface area contributed by atoms with Gasteiger partial charge in [-0.1, -0.05) is 13.8 Å². The molecule has 1 atom stereocenters. The molecule has 2 N–H and O–H groups in total. The first-order chi connectivity index (χ1) is 7.13. The molecule has 4 nitrogen and oxygen atoms in total. The number of hydrogen-bond acceptors (Lipinski definition) is 3. The van der Waals surface area contributed by atoms with Crippen LogP contribution in [-0.2, 0) is 13.6 Å². The molecule has 0 aliphatic rings. The average molecular weight is 211 g/mol. The van der Waals surface area contributed by atoms with E-state index in [-0.39, 0.29) is 12.6 Å². The van der Waals surface area contributed by atoms with Gasteiger partial charge in [-0.3, -0.25) is 4.68 Å². The van der Waals surface area contributed by atoms with Crippen LogP contribution in [-0.4, -0.2) is 27.5 Å². The van der Waals surface area contributed by atoms with Crippen LogP contribution in [0, 0.1) is 5.92 Å². The minimum absolute atomic E-state index is 0.180. The van der Waals surface area contributed by atoms with E-state index in [9.17, 15) is 5.11 Å². The summed E-state index contributed by atoms with van der Waals surface area (Å²) in [6, 6.07) is 2.16. The summed E-state index contributed by atoms with van der Waals surface area (Å²) in [5.74, 6) is 0.598. The zero-order chi connectivity index (χ0) is 11.3. The number of aryl methyl sites for hydroxylation is 1. The van der Waals surface area contributed by atoms with Crippen LogP contribution in [0.15, 0.2) is 12.3 Å². The highest BCUT2D eigenvalue weighted by Gasteiger charge is 2.09. The van der Waals surface area contributed by atoms with Crippen LogP contribution in [0.2, 0.25) is 0 Å². The van der Waals surface area contributed by atoms with Gasteiger partial charge in [0.2, 0.25) is 0 Å². The summed E-state index contributed by atoms with van der Waals surface area (Å²) in [5.41, 5.74) is 1.14. The molecule has 86 valence electrons. The molecule has 0 spiro atoms. The summed E-state index contributed by atoms with van der Waals surface area (Å²) < 4.78 is 1.84. The van der Waals surface area contributed by atoms with Gasteiger partial charge in [0.05, 0.1) is 12.3 Å². The van der Waals surface area contributed by atoms with Crippen molar-refractivity contribution < 1.29 is 5.11 Å². The van der Waals surface area contributed by atoms with Crippen LogP contribution < -0.4 is 5.32 Å². The Balaban J connectivity index is 2.37. The molecule has 0 aliphatic carbocycles. The lowest BCUT2D eigenvalue weighted by Crippen LogP contribution is -2.33. The smallest absolute Gasteiger partial charge is 0.0584 e. The van der Waals surface area contributed by atoms with Gasteiger partial charge in [-0.25, -0.2) is 0 Å². The largest absolute Gasteiger partial charge is 0.395 e. The van der Waals surface area contributed by atoms with Crippen molar-refractivity contribution in [3.8, 4) is 0 Å². The molecule has 0 amide bonds. The molecule has 0 saturated heterocycles. The number of rotatable bonds is 6. The third-order valence-electron chi connectivity index (χ3n) is 2.47. The summed E-state index contributed by atoms with van der Waals surface area (Å²) in [4.78, 5) is 0. The molecular formula is C11H21N3O. The lowest BCUT2D eigenvalue weighted by atomic mass is 10.0. The number of nitrogens with zero attached hydrogens (tertiary/aromatic N) is 2. The van der Waals surface area contributed by atoms with Gasteiger partial charge in [-0.2, -0.15) is 5.10 Å². The summed E-state index contributed by atoms with van der Waals surface area (Å²) in [6.45, 7) is 5.27. The monoisotopic (exact) mass is 211 g/mol. The Bertz CT molecular complexity index is 283. The highest BCUT2D eigenvalue weighted by atomic mass is 16.3. The van der Waals surface area contributed by atoms with Crippen LogP contribution in [0.4, 0.5) is 0 Å². The highest BCUT2D eigenvalue weighted by Crippen LogP contribution is 2.05. The van der Waals surface area contributed by atoms with Crippen molar-refractivity contribution in [3.63, 3.8) is 0 Å². The molecule has 0 bridgehead atoms. The fourth-order valence-corrected chi connectivity index (χ4v) is 1.62. The van der Waals surface area contributed by atoms with Gasteiger partial charge < -0.3 is 10.4 Å². The number of aromatic nitrogens is 2. The van der Waals surface area contributed by atoms with Gasteiger partial charge in [0.25, 0.3) is 0 Å². The molecule has 0 aliphatic heterocycles. The van der Waals surface area contributed by atoms with Crippen molar-refractivity contribution in [1.29, 1.82) is 0 Å². The van der Waals surface area contributed by atoms with Gasteiger partial charge in [0.15, 0.2) is 0 Å². The maximum Gasteiger partial charge on any atom is 0.0584 e. The topological polar surface area (TPSA) is 50.1 Å². The van der Waals surface area contributed by atoms with Crippen molar-refractivity contribution in [3.05, 3.63) is 18.0 Å². The van der Waals surface area contributed by atoms with Gasteiger partial charge in [-0.05, 0) is 18.4 Å². The zero-order valence-corrected chi connectivity index (χ0v) is 9.77. The summed E-state index contributed by atoms with van der Waals surface area (Å²) in [6.07, 6.45) is 2.78. The molecule has 1 aromatic rings. The average Bonchev–Trinajstić information content (AvgIpc) is 2.58. The molecule has 0 radical (unpaired) electrons. The van der Waals surface area contributed by atoms with Gasteiger partial charge in [-0.15, -0.1) is 0 Å². The minimum atomic E-state index is 0.180. The van der Waals surface area contributed by atoms with Crippen molar-refractivity contribution in [2.24, 2.45) is 13.0 Å². The van der Waals surface area contributed by atoms with Crippen molar-refractivity contribution in [2.75, 3.05) is 6.61 Å². The number of hydrogen-bond donors (Lipinski definition) is 2. The Labute approximate surface area is 91.3 Å². The quantitative estimate of drug-likeness (QED) is 0.735. The third-order valence-corrected chi connectivity index (χ3v) is 2.47. The predicted molar refractivity (Wildman–Crippen MR) is 60.4 cm³/mol. The second-order valence-corrected chi connectivity index (χ2v) is 4.34. The Morgan fingerprint density at radius 3 is 2.73 bits per heavy atom. The lowest BCUT2D eigenvalue weighted by molar-refractivity contribution is 0.222. The molecule has 4 heteroatoms. The van der Waals surface area contributed by atoms with Crippen molar-refractivity contribution in [2.45, 2.75) is 32.9 Å². The first kappa shape index (κ1) is 12.2. The van der Waals surface area contributed by atoms with E-state index in [0.29, 0.717) is 5.92 Å². The maximum atomic E-state index is 9.19. The number of aliphatic hydroxyl groups excluding tert-OH is 1. The predicted octanol–water partition coefficient (Wildman–Crippen LogP) is 0.917. The van der Waals surface area contributed by atoms with Crippen LogP contribution in [0.25, 0.3) is 0 Å². The standard InChI is InChI=1S/C11H21N3O/c1-9(2)6-10(8-15)12-7-11-4-5-13-14(11)3/h4-5,9-10,12,15H,6-8H2,1-3H3/t10-/m0/s1. The molecule has 1 heterocycles. The van der Waals surface area contributed by atoms with Gasteiger partial charge in [0, 0.05) is 25.8 Å². The van der Waals surface area contributed by atoms with E-state index in [0.717, 1.165) is 18.7 Å². The van der Waals surface area contributed by atoms with E-state index in [1.165, 1.54) is 0 Å². The number of nitrogens with one attached hydrogen (secondary N) is 1. The summed E-state index contributed by atoms with van der Waals surface area (Å²) in [5, 5.41) is 16.6. The minimum Gasteiger partial charge on any atom is -0.395 e. The van der Waals surface area contributed by atoms with Crippen LogP contribution in [0.5, 0.6) is 0 Å². The lowest BCUT2D eigenvalue weighted by Gasteiger charge is -2.18. The molecule has 0 aromatic carbocycles. The maximum absolute atomic E-state index is 9.19. The fraction of sp³-hybridized carbons (Fsp3) is 0.727. The van der Waals surface area contributed by atoms with E-state index in [1.54, 1.807) is 6.20 Å². The van der Waals surface area contributed by atoms with Crippen molar-refractivity contribution in [1.82, 2.24) is 15.1 Å². The Kier molecular flexibility index (Phi) is 4.78. The van der Waals surface area contributed by atoms with E-state index in [1.807, 2.05) is 17.8 Å². The third kappa shape index (κ3) is 4.01. The Morgan fingerprint density at radius 2 is 2.27 bits per heavy atom. The highest BCUT2D eigenvalue weighted by molar-refractivity contribution is 4.99. The van der Waals surface area contributed by atoms with Gasteiger partial charge >= 0.3 is 0 Å². The van der Waals surface area contributed by atoms with E-state index >= 15 is 0 Å². The van der Waals surface area contributed by atoms with Crippen molar-refractivity contribution >= 4 is 0 Å². The van der Waals surface area contributed by atoms with Crippen LogP contribution in [0.1, 0.15) is 26.0 Å². The normalized spacial score (nSPS) is 13.4. The SMILES string of the molecule is CC(C)C[C@@H](CO)NCc1ccnn1C. The van der Waals surface area contributed by atoms with Gasteiger partial charge in [0.1, 0.15) is 0 Å². The van der Waals surface area contributed by atoms with E-state index in [4.69, 9.17) is 0 Å². The molecule has 0 saturated carbocycles. The molecule has 1 aromatic heterocycles. The molecule has 0 unspecified atom stereocenters. The molecule has 0 fully saturated rings. The van der Waals surface area contributed by atoms with E-state index < -0.39 is 0 Å². The molecular weight excluding hydrogens is 190 g/mol. The Hall–Kier alpha value is -0.870. The first-order valence-corrected chi connectivity index (χ1v) is 5.44. The van der Waals surface area contributed by atoms with Crippen LogP contribution in [0.3, 0.4) is 0 Å². The zero-order valence-electron chi connectivity index (χ0n) is 9.77. The van der Waals surface area contributed by atoms with Crippen LogP contribution >= 0.6 is 0 Å².